The number of guanidine groups is 1. The van der Waals surface area contributed by atoms with Crippen molar-refractivity contribution in [2.24, 2.45) is 4.99 Å². The Labute approximate surface area is 134 Å². The van der Waals surface area contributed by atoms with Crippen molar-refractivity contribution in [1.29, 1.82) is 0 Å². The van der Waals surface area contributed by atoms with Gasteiger partial charge in [-0.05, 0) is 31.9 Å². The van der Waals surface area contributed by atoms with E-state index in [0.717, 1.165) is 30.9 Å². The quantitative estimate of drug-likeness (QED) is 0.518. The number of aromatic nitrogens is 3. The predicted molar refractivity (Wildman–Crippen MR) is 87.0 cm³/mol. The second kappa shape index (κ2) is 7.08. The first-order valence-electron chi connectivity index (χ1n) is 7.86. The third-order valence-electron chi connectivity index (χ3n) is 3.47. The molecule has 23 heavy (non-hydrogen) atoms. The van der Waals surface area contributed by atoms with Crippen molar-refractivity contribution in [2.75, 3.05) is 13.1 Å². The molecule has 122 valence electrons. The van der Waals surface area contributed by atoms with Crippen LogP contribution in [0.15, 0.2) is 29.4 Å². The largest absolute Gasteiger partial charge is 0.357 e. The molecule has 3 N–H and O–H groups in total. The molecular formula is C15H21N7O. The van der Waals surface area contributed by atoms with Crippen LogP contribution in [0.3, 0.4) is 0 Å². The van der Waals surface area contributed by atoms with Gasteiger partial charge in [0, 0.05) is 18.8 Å². The van der Waals surface area contributed by atoms with Crippen LogP contribution in [0, 0.1) is 0 Å². The molecule has 3 rings (SSSR count). The Bertz CT molecular complexity index is 705. The van der Waals surface area contributed by atoms with Gasteiger partial charge in [-0.15, -0.1) is 10.2 Å². The molecule has 1 saturated carbocycles. The molecule has 2 aromatic rings. The summed E-state index contributed by atoms with van der Waals surface area (Å²) in [7, 11) is 0. The molecule has 0 radical (unpaired) electrons. The zero-order valence-electron chi connectivity index (χ0n) is 13.1. The molecule has 8 heteroatoms. The average molecular weight is 315 g/mol. The van der Waals surface area contributed by atoms with Gasteiger partial charge in [-0.2, -0.15) is 0 Å². The fourth-order valence-electron chi connectivity index (χ4n) is 2.16. The van der Waals surface area contributed by atoms with E-state index in [1.54, 1.807) is 0 Å². The van der Waals surface area contributed by atoms with Gasteiger partial charge in [0.05, 0.1) is 6.54 Å². The van der Waals surface area contributed by atoms with E-state index in [9.17, 15) is 4.79 Å². The van der Waals surface area contributed by atoms with E-state index in [4.69, 9.17) is 0 Å². The number of hydrogen-bond acceptors (Lipinski definition) is 4. The van der Waals surface area contributed by atoms with Gasteiger partial charge in [0.2, 0.25) is 5.91 Å². The molecule has 1 amide bonds. The van der Waals surface area contributed by atoms with Crippen molar-refractivity contribution in [3.8, 4) is 0 Å². The summed E-state index contributed by atoms with van der Waals surface area (Å²) in [5.41, 5.74) is 0.791. The molecule has 0 atom stereocenters. The van der Waals surface area contributed by atoms with Gasteiger partial charge >= 0.3 is 0 Å². The van der Waals surface area contributed by atoms with Crippen LogP contribution in [-0.4, -0.2) is 45.6 Å². The summed E-state index contributed by atoms with van der Waals surface area (Å²) in [6.07, 6.45) is 4.07. The van der Waals surface area contributed by atoms with E-state index < -0.39 is 0 Å². The minimum absolute atomic E-state index is 0.00830. The van der Waals surface area contributed by atoms with E-state index in [1.165, 1.54) is 0 Å². The van der Waals surface area contributed by atoms with Gasteiger partial charge in [0.25, 0.3) is 0 Å². The highest BCUT2D eigenvalue weighted by Gasteiger charge is 2.22. The van der Waals surface area contributed by atoms with Crippen LogP contribution in [0.2, 0.25) is 0 Å². The summed E-state index contributed by atoms with van der Waals surface area (Å²) in [5.74, 6) is 1.33. The van der Waals surface area contributed by atoms with Gasteiger partial charge in [-0.3, -0.25) is 9.20 Å². The molecular weight excluding hydrogens is 294 g/mol. The normalized spacial score (nSPS) is 14.7. The van der Waals surface area contributed by atoms with Crippen molar-refractivity contribution >= 4 is 17.5 Å². The summed E-state index contributed by atoms with van der Waals surface area (Å²) in [4.78, 5) is 16.2. The highest BCUT2D eigenvalue weighted by atomic mass is 16.2. The Morgan fingerprint density at radius 2 is 2.22 bits per heavy atom. The number of hydrogen-bond donors (Lipinski definition) is 3. The maximum Gasteiger partial charge on any atom is 0.239 e. The smallest absolute Gasteiger partial charge is 0.239 e. The number of carbonyl (C=O) groups excluding carboxylic acids is 1. The van der Waals surface area contributed by atoms with E-state index in [-0.39, 0.29) is 12.5 Å². The minimum atomic E-state index is -0.00830. The predicted octanol–water partition coefficient (Wildman–Crippen LogP) is 0.0630. The first-order valence-corrected chi connectivity index (χ1v) is 7.86. The van der Waals surface area contributed by atoms with Gasteiger partial charge in [0.15, 0.2) is 17.4 Å². The molecule has 1 aliphatic rings. The minimum Gasteiger partial charge on any atom is -0.357 e. The Balaban J connectivity index is 1.60. The Hall–Kier alpha value is -2.64. The second-order valence-corrected chi connectivity index (χ2v) is 5.44. The molecule has 0 saturated heterocycles. The molecule has 0 unspecified atom stereocenters. The molecule has 1 fully saturated rings. The van der Waals surface area contributed by atoms with E-state index in [2.05, 4.69) is 31.1 Å². The lowest BCUT2D eigenvalue weighted by Gasteiger charge is -2.11. The van der Waals surface area contributed by atoms with Crippen LogP contribution in [0.5, 0.6) is 0 Å². The molecule has 0 bridgehead atoms. The number of fused-ring (bicyclic) bond motifs is 1. The third-order valence-corrected chi connectivity index (χ3v) is 3.47. The molecule has 1 aliphatic carbocycles. The van der Waals surface area contributed by atoms with Crippen molar-refractivity contribution in [2.45, 2.75) is 32.4 Å². The summed E-state index contributed by atoms with van der Waals surface area (Å²) < 4.78 is 1.90. The number of amides is 1. The van der Waals surface area contributed by atoms with E-state index >= 15 is 0 Å². The van der Waals surface area contributed by atoms with Gasteiger partial charge in [0.1, 0.15) is 6.54 Å². The third kappa shape index (κ3) is 4.18. The van der Waals surface area contributed by atoms with E-state index in [0.29, 0.717) is 18.5 Å². The number of rotatable bonds is 6. The zero-order valence-corrected chi connectivity index (χ0v) is 13.1. The summed E-state index contributed by atoms with van der Waals surface area (Å²) >= 11 is 0. The van der Waals surface area contributed by atoms with Crippen molar-refractivity contribution in [3.05, 3.63) is 30.2 Å². The Morgan fingerprint density at radius 3 is 3.00 bits per heavy atom. The first-order chi connectivity index (χ1) is 11.3. The number of pyridine rings is 1. The highest BCUT2D eigenvalue weighted by Crippen LogP contribution is 2.18. The first kappa shape index (κ1) is 15.3. The van der Waals surface area contributed by atoms with Crippen molar-refractivity contribution < 1.29 is 4.79 Å². The van der Waals surface area contributed by atoms with Crippen molar-refractivity contribution in [1.82, 2.24) is 30.5 Å². The fraction of sp³-hybridized carbons (Fsp3) is 0.467. The fourth-order valence-corrected chi connectivity index (χ4v) is 2.16. The molecule has 2 aromatic heterocycles. The lowest BCUT2D eigenvalue weighted by Crippen LogP contribution is -2.43. The van der Waals surface area contributed by atoms with Crippen LogP contribution < -0.4 is 16.0 Å². The Morgan fingerprint density at radius 1 is 1.35 bits per heavy atom. The van der Waals surface area contributed by atoms with Crippen LogP contribution >= 0.6 is 0 Å². The highest BCUT2D eigenvalue weighted by molar-refractivity contribution is 5.86. The topological polar surface area (TPSA) is 95.7 Å². The molecule has 8 nitrogen and oxygen atoms in total. The monoisotopic (exact) mass is 315 g/mol. The van der Waals surface area contributed by atoms with Crippen molar-refractivity contribution in [3.63, 3.8) is 0 Å². The molecule has 0 aliphatic heterocycles. The summed E-state index contributed by atoms with van der Waals surface area (Å²) in [6, 6.07) is 6.11. The van der Waals surface area contributed by atoms with Gasteiger partial charge in [-0.25, -0.2) is 4.99 Å². The lowest BCUT2D eigenvalue weighted by molar-refractivity contribution is -0.120. The van der Waals surface area contributed by atoms with Crippen LogP contribution in [-0.2, 0) is 11.3 Å². The average Bonchev–Trinajstić information content (AvgIpc) is 3.27. The summed E-state index contributed by atoms with van der Waals surface area (Å²) in [6.45, 7) is 3.29. The Kier molecular flexibility index (Phi) is 4.70. The standard InChI is InChI=1S/C15H21N7O/c1-2-16-15(18-10-14(23)19-11-6-7-11)17-9-13-21-20-12-5-3-4-8-22(12)13/h3-5,8,11H,2,6-7,9-10H2,1H3,(H,19,23)(H2,16,17,18). The number of carbonyl (C=O) groups is 1. The maximum absolute atomic E-state index is 11.7. The number of nitrogens with one attached hydrogen (secondary N) is 3. The SMILES string of the molecule is CCNC(=NCc1nnc2ccccn12)NCC(=O)NC1CC1. The lowest BCUT2D eigenvalue weighted by atomic mass is 10.4. The van der Waals surface area contributed by atoms with Crippen LogP contribution in [0.4, 0.5) is 0 Å². The van der Waals surface area contributed by atoms with Crippen LogP contribution in [0.1, 0.15) is 25.6 Å². The van der Waals surface area contributed by atoms with E-state index in [1.807, 2.05) is 35.7 Å². The summed E-state index contributed by atoms with van der Waals surface area (Å²) in [5, 5.41) is 17.3. The maximum atomic E-state index is 11.7. The second-order valence-electron chi connectivity index (χ2n) is 5.44. The number of aliphatic imine (C=N–C) groups is 1. The van der Waals surface area contributed by atoms with Gasteiger partial charge in [-0.1, -0.05) is 6.07 Å². The zero-order chi connectivity index (χ0) is 16.1. The molecule has 0 aromatic carbocycles. The number of nitrogens with zero attached hydrogens (tertiary/aromatic N) is 4. The van der Waals surface area contributed by atoms with Gasteiger partial charge < -0.3 is 16.0 Å². The van der Waals surface area contributed by atoms with Crippen LogP contribution in [0.25, 0.3) is 5.65 Å². The molecule has 0 spiro atoms. The molecule has 2 heterocycles.